The van der Waals surface area contributed by atoms with E-state index in [2.05, 4.69) is 0 Å². The highest BCUT2D eigenvalue weighted by molar-refractivity contribution is 6.32. The Labute approximate surface area is 122 Å². The monoisotopic (exact) mass is 300 g/mol. The molecule has 20 heavy (non-hydrogen) atoms. The average Bonchev–Trinajstić information content (AvgIpc) is 2.89. The molecule has 1 aromatic carbocycles. The number of amides is 1. The molecule has 0 aromatic heterocycles. The van der Waals surface area contributed by atoms with E-state index < -0.39 is 11.9 Å². The van der Waals surface area contributed by atoms with Crippen molar-refractivity contribution in [3.63, 3.8) is 0 Å². The molecule has 0 bridgehead atoms. The molecule has 0 aliphatic carbocycles. The highest BCUT2D eigenvalue weighted by atomic mass is 35.5. The van der Waals surface area contributed by atoms with E-state index in [1.54, 1.807) is 11.8 Å². The maximum atomic E-state index is 12.9. The summed E-state index contributed by atoms with van der Waals surface area (Å²) in [6.45, 7) is 3.62. The fourth-order valence-corrected chi connectivity index (χ4v) is 2.51. The lowest BCUT2D eigenvalue weighted by atomic mass is 10.1. The van der Waals surface area contributed by atoms with Gasteiger partial charge in [0, 0.05) is 13.1 Å². The molecule has 1 amide bonds. The van der Waals surface area contributed by atoms with Gasteiger partial charge in [-0.05, 0) is 44.0 Å². The molecule has 0 saturated carbocycles. The summed E-state index contributed by atoms with van der Waals surface area (Å²) in [6.07, 6.45) is 0.265. The number of likely N-dealkylation sites (tertiary alicyclic amines) is 1. The van der Waals surface area contributed by atoms with Gasteiger partial charge in [0.15, 0.2) is 6.10 Å². The van der Waals surface area contributed by atoms with Gasteiger partial charge >= 0.3 is 0 Å². The van der Waals surface area contributed by atoms with Crippen LogP contribution in [-0.4, -0.2) is 36.5 Å². The molecular formula is C14H18ClFN2O2. The van der Waals surface area contributed by atoms with E-state index >= 15 is 0 Å². The first-order valence-electron chi connectivity index (χ1n) is 6.62. The summed E-state index contributed by atoms with van der Waals surface area (Å²) in [7, 11) is 0. The second-order valence-electron chi connectivity index (χ2n) is 5.01. The van der Waals surface area contributed by atoms with Crippen LogP contribution < -0.4 is 10.5 Å². The number of hydrogen-bond donors (Lipinski definition) is 1. The smallest absolute Gasteiger partial charge is 0.263 e. The second-order valence-corrected chi connectivity index (χ2v) is 5.42. The highest BCUT2D eigenvalue weighted by Gasteiger charge is 2.29. The Hall–Kier alpha value is -1.33. The van der Waals surface area contributed by atoms with Crippen molar-refractivity contribution in [3.8, 4) is 5.75 Å². The third-order valence-corrected chi connectivity index (χ3v) is 3.77. The summed E-state index contributed by atoms with van der Waals surface area (Å²) in [4.78, 5) is 14.0. The summed E-state index contributed by atoms with van der Waals surface area (Å²) in [6, 6.07) is 3.83. The molecular weight excluding hydrogens is 283 g/mol. The van der Waals surface area contributed by atoms with E-state index in [4.69, 9.17) is 22.1 Å². The molecule has 1 aromatic rings. The Morgan fingerprint density at radius 2 is 2.40 bits per heavy atom. The number of carbonyl (C=O) groups excluding carboxylic acids is 1. The quantitative estimate of drug-likeness (QED) is 0.926. The Bertz CT molecular complexity index is 498. The minimum atomic E-state index is -0.658. The zero-order valence-corrected chi connectivity index (χ0v) is 12.1. The number of nitrogens with two attached hydrogens (primary N) is 1. The molecule has 2 rings (SSSR count). The van der Waals surface area contributed by atoms with Crippen molar-refractivity contribution in [3.05, 3.63) is 29.0 Å². The lowest BCUT2D eigenvalue weighted by Crippen LogP contribution is -2.39. The molecule has 1 heterocycles. The van der Waals surface area contributed by atoms with Crippen LogP contribution in [0.2, 0.25) is 5.02 Å². The standard InChI is InChI=1S/C14H18ClFN2O2/c1-9(14(19)18-5-4-10(7-17)8-18)20-13-3-2-11(16)6-12(13)15/h2-3,6,9-10H,4-5,7-8,17H2,1H3/t9-,10-/m1/s1. The molecule has 0 unspecified atom stereocenters. The van der Waals surface area contributed by atoms with Crippen LogP contribution in [0.4, 0.5) is 4.39 Å². The number of hydrogen-bond acceptors (Lipinski definition) is 3. The lowest BCUT2D eigenvalue weighted by Gasteiger charge is -2.22. The predicted molar refractivity (Wildman–Crippen MR) is 75.2 cm³/mol. The largest absolute Gasteiger partial charge is 0.479 e. The molecule has 110 valence electrons. The minimum absolute atomic E-state index is 0.0960. The minimum Gasteiger partial charge on any atom is -0.479 e. The van der Waals surface area contributed by atoms with Crippen LogP contribution >= 0.6 is 11.6 Å². The summed E-state index contributed by atoms with van der Waals surface area (Å²) in [5.74, 6) is 0.136. The molecule has 1 aliphatic rings. The van der Waals surface area contributed by atoms with Gasteiger partial charge in [-0.15, -0.1) is 0 Å². The van der Waals surface area contributed by atoms with E-state index in [0.717, 1.165) is 12.5 Å². The lowest BCUT2D eigenvalue weighted by molar-refractivity contribution is -0.136. The zero-order chi connectivity index (χ0) is 14.7. The van der Waals surface area contributed by atoms with Crippen LogP contribution in [0.3, 0.4) is 0 Å². The summed E-state index contributed by atoms with van der Waals surface area (Å²) >= 11 is 5.88. The summed E-state index contributed by atoms with van der Waals surface area (Å²) in [5.41, 5.74) is 5.61. The molecule has 0 spiro atoms. The third kappa shape index (κ3) is 3.41. The maximum Gasteiger partial charge on any atom is 0.263 e. The number of benzene rings is 1. The van der Waals surface area contributed by atoms with Gasteiger partial charge in [0.1, 0.15) is 11.6 Å². The van der Waals surface area contributed by atoms with Crippen molar-refractivity contribution in [1.82, 2.24) is 4.90 Å². The van der Waals surface area contributed by atoms with Gasteiger partial charge in [-0.1, -0.05) is 11.6 Å². The first kappa shape index (κ1) is 15.1. The van der Waals surface area contributed by atoms with Crippen LogP contribution in [0.15, 0.2) is 18.2 Å². The molecule has 1 aliphatic heterocycles. The molecule has 4 nitrogen and oxygen atoms in total. The number of halogens is 2. The number of carbonyl (C=O) groups is 1. The topological polar surface area (TPSA) is 55.6 Å². The Balaban J connectivity index is 1.97. The molecule has 1 saturated heterocycles. The number of rotatable bonds is 4. The SMILES string of the molecule is C[C@@H](Oc1ccc(F)cc1Cl)C(=O)N1CC[C@H](CN)C1. The van der Waals surface area contributed by atoms with E-state index in [0.29, 0.717) is 31.3 Å². The van der Waals surface area contributed by atoms with Gasteiger partial charge in [0.2, 0.25) is 0 Å². The van der Waals surface area contributed by atoms with Crippen molar-refractivity contribution >= 4 is 17.5 Å². The van der Waals surface area contributed by atoms with Crippen LogP contribution in [0.5, 0.6) is 5.75 Å². The third-order valence-electron chi connectivity index (χ3n) is 3.48. The molecule has 1 fully saturated rings. The van der Waals surface area contributed by atoms with Gasteiger partial charge in [-0.2, -0.15) is 0 Å². The van der Waals surface area contributed by atoms with Crippen LogP contribution in [-0.2, 0) is 4.79 Å². The predicted octanol–water partition coefficient (Wildman–Crippen LogP) is 2.05. The van der Waals surface area contributed by atoms with Crippen molar-refractivity contribution in [1.29, 1.82) is 0 Å². The Morgan fingerprint density at radius 3 is 3.00 bits per heavy atom. The first-order chi connectivity index (χ1) is 9.51. The summed E-state index contributed by atoms with van der Waals surface area (Å²) in [5, 5.41) is 0.158. The normalized spacial score (nSPS) is 20.0. The van der Waals surface area contributed by atoms with E-state index in [1.807, 2.05) is 0 Å². The molecule has 2 N–H and O–H groups in total. The Kier molecular flexibility index (Phi) is 4.83. The summed E-state index contributed by atoms with van der Waals surface area (Å²) < 4.78 is 18.5. The van der Waals surface area contributed by atoms with Gasteiger partial charge in [-0.3, -0.25) is 4.79 Å². The van der Waals surface area contributed by atoms with E-state index in [9.17, 15) is 9.18 Å². The maximum absolute atomic E-state index is 12.9. The second kappa shape index (κ2) is 6.41. The molecule has 2 atom stereocenters. The fourth-order valence-electron chi connectivity index (χ4n) is 2.29. The van der Waals surface area contributed by atoms with Crippen molar-refractivity contribution in [2.75, 3.05) is 19.6 Å². The Morgan fingerprint density at radius 1 is 1.65 bits per heavy atom. The zero-order valence-electron chi connectivity index (χ0n) is 11.3. The first-order valence-corrected chi connectivity index (χ1v) is 6.99. The van der Waals surface area contributed by atoms with Gasteiger partial charge in [0.25, 0.3) is 5.91 Å². The van der Waals surface area contributed by atoms with E-state index in [-0.39, 0.29) is 10.9 Å². The van der Waals surface area contributed by atoms with Crippen LogP contribution in [0, 0.1) is 11.7 Å². The van der Waals surface area contributed by atoms with Crippen molar-refractivity contribution in [2.24, 2.45) is 11.7 Å². The van der Waals surface area contributed by atoms with E-state index in [1.165, 1.54) is 12.1 Å². The van der Waals surface area contributed by atoms with Crippen molar-refractivity contribution < 1.29 is 13.9 Å². The van der Waals surface area contributed by atoms with Crippen LogP contribution in [0.1, 0.15) is 13.3 Å². The fraction of sp³-hybridized carbons (Fsp3) is 0.500. The number of ether oxygens (including phenoxy) is 1. The number of nitrogens with zero attached hydrogens (tertiary/aromatic N) is 1. The highest BCUT2D eigenvalue weighted by Crippen LogP contribution is 2.26. The molecule has 6 heteroatoms. The molecule has 0 radical (unpaired) electrons. The van der Waals surface area contributed by atoms with Gasteiger partial charge in [0.05, 0.1) is 5.02 Å². The van der Waals surface area contributed by atoms with Gasteiger partial charge < -0.3 is 15.4 Å². The average molecular weight is 301 g/mol. The van der Waals surface area contributed by atoms with Crippen molar-refractivity contribution in [2.45, 2.75) is 19.4 Å². The van der Waals surface area contributed by atoms with Gasteiger partial charge in [-0.25, -0.2) is 4.39 Å². The van der Waals surface area contributed by atoms with Crippen LogP contribution in [0.25, 0.3) is 0 Å².